The fourth-order valence-electron chi connectivity index (χ4n) is 3.60. The van der Waals surface area contributed by atoms with E-state index in [1.807, 2.05) is 6.92 Å². The highest BCUT2D eigenvalue weighted by Gasteiger charge is 2.36. The minimum atomic E-state index is -0.601. The first-order valence-corrected chi connectivity index (χ1v) is 13.6. The van der Waals surface area contributed by atoms with Crippen LogP contribution in [0.25, 0.3) is 6.08 Å². The number of methoxy groups -OCH3 is 1. The minimum absolute atomic E-state index is 0.0188. The second-order valence-electron chi connectivity index (χ2n) is 8.52. The van der Waals surface area contributed by atoms with Gasteiger partial charge in [-0.15, -0.1) is 0 Å². The first-order valence-electron chi connectivity index (χ1n) is 11.6. The summed E-state index contributed by atoms with van der Waals surface area (Å²) in [5, 5.41) is 13.4. The van der Waals surface area contributed by atoms with E-state index in [9.17, 15) is 24.5 Å². The zero-order chi connectivity index (χ0) is 29.0. The zero-order valence-electron chi connectivity index (χ0n) is 21.1. The summed E-state index contributed by atoms with van der Waals surface area (Å²) in [6.45, 7) is 1.51. The Labute approximate surface area is 246 Å². The van der Waals surface area contributed by atoms with Gasteiger partial charge in [0.15, 0.2) is 11.5 Å². The summed E-state index contributed by atoms with van der Waals surface area (Å²) in [6.07, 6.45) is 1.52. The van der Waals surface area contributed by atoms with Gasteiger partial charge >= 0.3 is 0 Å². The first kappa shape index (κ1) is 29.1. The largest absolute Gasteiger partial charge is 0.493 e. The number of imide groups is 1. The topological polar surface area (TPSA) is 128 Å². The molecule has 206 valence electrons. The van der Waals surface area contributed by atoms with Crippen molar-refractivity contribution in [1.82, 2.24) is 4.90 Å². The van der Waals surface area contributed by atoms with Gasteiger partial charge in [0, 0.05) is 27.3 Å². The monoisotopic (exact) mass is 645 g/mol. The van der Waals surface area contributed by atoms with E-state index < -0.39 is 28.5 Å². The lowest BCUT2D eigenvalue weighted by Crippen LogP contribution is -2.36. The summed E-state index contributed by atoms with van der Waals surface area (Å²) in [5.74, 6) is -0.380. The van der Waals surface area contributed by atoms with Crippen molar-refractivity contribution in [3.05, 3.63) is 95.8 Å². The van der Waals surface area contributed by atoms with Crippen LogP contribution < -0.4 is 14.8 Å². The Kier molecular flexibility index (Phi) is 9.13. The van der Waals surface area contributed by atoms with Gasteiger partial charge in [0.1, 0.15) is 13.2 Å². The van der Waals surface area contributed by atoms with Crippen LogP contribution in [0, 0.1) is 17.0 Å². The smallest absolute Gasteiger partial charge is 0.294 e. The van der Waals surface area contributed by atoms with Crippen molar-refractivity contribution in [2.24, 2.45) is 0 Å². The molecule has 1 N–H and O–H groups in total. The lowest BCUT2D eigenvalue weighted by atomic mass is 10.1. The number of nitro groups is 1. The number of thioether (sulfide) groups is 1. The van der Waals surface area contributed by atoms with E-state index in [0.29, 0.717) is 32.2 Å². The number of nitro benzene ring substituents is 1. The van der Waals surface area contributed by atoms with Gasteiger partial charge in [-0.3, -0.25) is 29.4 Å². The van der Waals surface area contributed by atoms with Crippen molar-refractivity contribution in [3.8, 4) is 11.5 Å². The standard InChI is InChI=1S/C27H21BrClN3O7S/c1-15-3-6-18(11-21(15)29)30-25(33)13-31-26(34)24(40-27(31)35)10-17-9-22(38-2)23(12-20(17)28)39-14-16-4-7-19(8-5-16)32(36)37/h3-12H,13-14H2,1-2H3,(H,30,33)/b24-10+. The Morgan fingerprint density at radius 2 is 1.88 bits per heavy atom. The summed E-state index contributed by atoms with van der Waals surface area (Å²) in [7, 11) is 1.46. The molecule has 1 aliphatic rings. The van der Waals surface area contributed by atoms with E-state index in [2.05, 4.69) is 21.2 Å². The quantitative estimate of drug-likeness (QED) is 0.157. The molecule has 1 aliphatic heterocycles. The maximum absolute atomic E-state index is 13.0. The third-order valence-corrected chi connectivity index (χ3v) is 7.74. The third-order valence-electron chi connectivity index (χ3n) is 5.74. The summed E-state index contributed by atoms with van der Waals surface area (Å²) < 4.78 is 11.9. The number of hydrogen-bond acceptors (Lipinski definition) is 8. The van der Waals surface area contributed by atoms with Crippen LogP contribution >= 0.6 is 39.3 Å². The number of carbonyl (C=O) groups excluding carboxylic acids is 3. The lowest BCUT2D eigenvalue weighted by Gasteiger charge is -2.14. The summed E-state index contributed by atoms with van der Waals surface area (Å²) in [6, 6.07) is 14.3. The molecule has 3 amide bonds. The highest BCUT2D eigenvalue weighted by Crippen LogP contribution is 2.38. The molecule has 1 fully saturated rings. The number of ether oxygens (including phenoxy) is 2. The molecule has 0 aliphatic carbocycles. The molecule has 3 aromatic rings. The van der Waals surface area contributed by atoms with Gasteiger partial charge in [-0.2, -0.15) is 0 Å². The fraction of sp³-hybridized carbons (Fsp3) is 0.148. The van der Waals surface area contributed by atoms with E-state index in [-0.39, 0.29) is 17.2 Å². The van der Waals surface area contributed by atoms with Crippen molar-refractivity contribution in [2.45, 2.75) is 13.5 Å². The van der Waals surface area contributed by atoms with Gasteiger partial charge in [-0.1, -0.05) is 33.6 Å². The number of halogens is 2. The van der Waals surface area contributed by atoms with Crippen LogP contribution in [0.5, 0.6) is 11.5 Å². The van der Waals surface area contributed by atoms with Crippen LogP contribution in [0.1, 0.15) is 16.7 Å². The van der Waals surface area contributed by atoms with Crippen molar-refractivity contribution in [3.63, 3.8) is 0 Å². The second-order valence-corrected chi connectivity index (χ2v) is 10.8. The number of non-ortho nitro benzene ring substituents is 1. The molecule has 4 rings (SSSR count). The molecule has 1 saturated heterocycles. The van der Waals surface area contributed by atoms with Gasteiger partial charge < -0.3 is 14.8 Å². The van der Waals surface area contributed by atoms with Crippen LogP contribution in [-0.4, -0.2) is 40.5 Å². The van der Waals surface area contributed by atoms with Gasteiger partial charge in [-0.25, -0.2) is 0 Å². The number of amides is 3. The highest BCUT2D eigenvalue weighted by atomic mass is 79.9. The van der Waals surface area contributed by atoms with E-state index in [4.69, 9.17) is 21.1 Å². The Bertz CT molecular complexity index is 1550. The van der Waals surface area contributed by atoms with Crippen LogP contribution in [-0.2, 0) is 16.2 Å². The van der Waals surface area contributed by atoms with Crippen LogP contribution in [0.3, 0.4) is 0 Å². The maximum atomic E-state index is 13.0. The molecular formula is C27H21BrClN3O7S. The number of nitrogens with one attached hydrogen (secondary N) is 1. The molecule has 0 radical (unpaired) electrons. The van der Waals surface area contributed by atoms with E-state index >= 15 is 0 Å². The number of rotatable bonds is 9. The molecule has 0 saturated carbocycles. The summed E-state index contributed by atoms with van der Waals surface area (Å²) in [5.41, 5.74) is 2.55. The van der Waals surface area contributed by atoms with Crippen molar-refractivity contribution in [2.75, 3.05) is 19.0 Å². The molecule has 0 aromatic heterocycles. The van der Waals surface area contributed by atoms with E-state index in [1.54, 1.807) is 42.5 Å². The van der Waals surface area contributed by atoms with Gasteiger partial charge in [0.05, 0.1) is 16.9 Å². The Hall–Kier alpha value is -3.87. The van der Waals surface area contributed by atoms with Gasteiger partial charge in [-0.05, 0) is 77.9 Å². The fourth-order valence-corrected chi connectivity index (χ4v) is 5.05. The molecule has 3 aromatic carbocycles. The number of carbonyl (C=O) groups is 3. The first-order chi connectivity index (χ1) is 19.0. The average molecular weight is 647 g/mol. The zero-order valence-corrected chi connectivity index (χ0v) is 24.3. The summed E-state index contributed by atoms with van der Waals surface area (Å²) in [4.78, 5) is 49.4. The molecule has 0 atom stereocenters. The number of nitrogens with zero attached hydrogens (tertiary/aromatic N) is 2. The minimum Gasteiger partial charge on any atom is -0.493 e. The maximum Gasteiger partial charge on any atom is 0.294 e. The predicted octanol–water partition coefficient (Wildman–Crippen LogP) is 6.58. The molecule has 13 heteroatoms. The Balaban J connectivity index is 1.45. The number of aryl methyl sites for hydroxylation is 1. The molecule has 0 spiro atoms. The average Bonchev–Trinajstić information content (AvgIpc) is 3.18. The number of anilines is 1. The van der Waals surface area contributed by atoms with Crippen molar-refractivity contribution in [1.29, 1.82) is 0 Å². The van der Waals surface area contributed by atoms with Crippen molar-refractivity contribution >= 4 is 73.8 Å². The van der Waals surface area contributed by atoms with Gasteiger partial charge in [0.2, 0.25) is 5.91 Å². The lowest BCUT2D eigenvalue weighted by molar-refractivity contribution is -0.384. The van der Waals surface area contributed by atoms with E-state index in [1.165, 1.54) is 25.3 Å². The molecule has 1 heterocycles. The number of benzene rings is 3. The van der Waals surface area contributed by atoms with Crippen LogP contribution in [0.15, 0.2) is 64.0 Å². The second kappa shape index (κ2) is 12.5. The molecule has 0 bridgehead atoms. The van der Waals surface area contributed by atoms with Crippen molar-refractivity contribution < 1.29 is 28.8 Å². The summed E-state index contributed by atoms with van der Waals surface area (Å²) >= 11 is 10.3. The highest BCUT2D eigenvalue weighted by molar-refractivity contribution is 9.10. The number of hydrogen-bond donors (Lipinski definition) is 1. The third kappa shape index (κ3) is 6.82. The molecular weight excluding hydrogens is 626 g/mol. The Morgan fingerprint density at radius 3 is 2.52 bits per heavy atom. The molecule has 40 heavy (non-hydrogen) atoms. The van der Waals surface area contributed by atoms with Gasteiger partial charge in [0.25, 0.3) is 16.8 Å². The molecule has 10 nitrogen and oxygen atoms in total. The normalized spacial score (nSPS) is 14.0. The predicted molar refractivity (Wildman–Crippen MR) is 156 cm³/mol. The van der Waals surface area contributed by atoms with Crippen LogP contribution in [0.4, 0.5) is 16.2 Å². The molecule has 0 unspecified atom stereocenters. The Morgan fingerprint density at radius 1 is 1.15 bits per heavy atom. The SMILES string of the molecule is COc1cc(/C=C2/SC(=O)N(CC(=O)Nc3ccc(C)c(Cl)c3)C2=O)c(Br)cc1OCc1ccc([N+](=O)[O-])cc1. The van der Waals surface area contributed by atoms with E-state index in [0.717, 1.165) is 27.8 Å². The van der Waals surface area contributed by atoms with Crippen LogP contribution in [0.2, 0.25) is 5.02 Å².